The molecule has 0 saturated carbocycles. The van der Waals surface area contributed by atoms with Crippen LogP contribution in [0.4, 0.5) is 0 Å². The van der Waals surface area contributed by atoms with Gasteiger partial charge in [-0.15, -0.1) is 0 Å². The van der Waals surface area contributed by atoms with Crippen LogP contribution in [0.3, 0.4) is 0 Å². The normalized spacial score (nSPS) is 13.3. The molecule has 0 rings (SSSR count). The van der Waals surface area contributed by atoms with Gasteiger partial charge >= 0.3 is 0 Å². The fraction of sp³-hybridized carbons (Fsp3) is 1.00. The van der Waals surface area contributed by atoms with Crippen molar-refractivity contribution in [3.05, 3.63) is 10.1 Å². The molecular weight excluding hydrogens is 160 g/mol. The van der Waals surface area contributed by atoms with E-state index >= 15 is 0 Å². The van der Waals surface area contributed by atoms with Gasteiger partial charge in [0.15, 0.2) is 0 Å². The molecule has 5 heteroatoms. The topological polar surface area (TPSA) is 55.6 Å². The van der Waals surface area contributed by atoms with E-state index in [9.17, 15) is 10.1 Å². The highest BCUT2D eigenvalue weighted by molar-refractivity contribution is 4.56. The number of likely N-dealkylation sites (N-methyl/N-ethyl adjacent to an activating group) is 1. The first-order valence-electron chi connectivity index (χ1n) is 3.89. The van der Waals surface area contributed by atoms with Crippen LogP contribution in [0.1, 0.15) is 6.92 Å². The standard InChI is InChI=1S/C7H16N2O3/c1-7(9(10)11)6-8(2)4-5-12-3/h7H,4-6H2,1-3H3. The molecule has 0 fully saturated rings. The Bertz CT molecular complexity index is 141. The first-order valence-corrected chi connectivity index (χ1v) is 3.89. The van der Waals surface area contributed by atoms with E-state index in [2.05, 4.69) is 0 Å². The molecule has 1 unspecified atom stereocenters. The van der Waals surface area contributed by atoms with E-state index in [1.165, 1.54) is 0 Å². The van der Waals surface area contributed by atoms with Crippen molar-refractivity contribution in [2.75, 3.05) is 33.9 Å². The van der Waals surface area contributed by atoms with Crippen LogP contribution in [0.25, 0.3) is 0 Å². The van der Waals surface area contributed by atoms with Crippen molar-refractivity contribution in [3.63, 3.8) is 0 Å². The maximum Gasteiger partial charge on any atom is 0.222 e. The number of rotatable bonds is 6. The Morgan fingerprint density at radius 1 is 1.67 bits per heavy atom. The van der Waals surface area contributed by atoms with Gasteiger partial charge in [-0.25, -0.2) is 0 Å². The molecule has 0 amide bonds. The molecule has 0 aliphatic heterocycles. The van der Waals surface area contributed by atoms with Crippen LogP contribution in [0.2, 0.25) is 0 Å². The zero-order chi connectivity index (χ0) is 9.56. The molecule has 0 aliphatic carbocycles. The summed E-state index contributed by atoms with van der Waals surface area (Å²) in [5.74, 6) is 0. The van der Waals surface area contributed by atoms with Crippen molar-refractivity contribution >= 4 is 0 Å². The average molecular weight is 176 g/mol. The number of methoxy groups -OCH3 is 1. The minimum atomic E-state index is -0.508. The average Bonchev–Trinajstić information content (AvgIpc) is 2.00. The summed E-state index contributed by atoms with van der Waals surface area (Å²) < 4.78 is 4.84. The molecule has 0 bridgehead atoms. The summed E-state index contributed by atoms with van der Waals surface area (Å²) in [5, 5.41) is 10.3. The van der Waals surface area contributed by atoms with E-state index in [4.69, 9.17) is 4.74 Å². The van der Waals surface area contributed by atoms with Gasteiger partial charge in [-0.3, -0.25) is 15.0 Å². The number of ether oxygens (including phenoxy) is 1. The second-order valence-electron chi connectivity index (χ2n) is 2.89. The van der Waals surface area contributed by atoms with Gasteiger partial charge in [0.1, 0.15) is 0 Å². The van der Waals surface area contributed by atoms with Crippen LogP contribution in [0, 0.1) is 10.1 Å². The van der Waals surface area contributed by atoms with E-state index in [0.29, 0.717) is 13.2 Å². The van der Waals surface area contributed by atoms with E-state index in [0.717, 1.165) is 6.54 Å². The number of hydrogen-bond donors (Lipinski definition) is 0. The van der Waals surface area contributed by atoms with Gasteiger partial charge < -0.3 is 4.74 Å². The Kier molecular flexibility index (Phi) is 5.57. The molecule has 0 aromatic carbocycles. The second-order valence-corrected chi connectivity index (χ2v) is 2.89. The van der Waals surface area contributed by atoms with E-state index in [1.54, 1.807) is 14.0 Å². The lowest BCUT2D eigenvalue weighted by Crippen LogP contribution is -2.34. The van der Waals surface area contributed by atoms with Gasteiger partial charge in [-0.2, -0.15) is 0 Å². The lowest BCUT2D eigenvalue weighted by Gasteiger charge is -2.16. The molecule has 0 aliphatic rings. The van der Waals surface area contributed by atoms with Crippen LogP contribution < -0.4 is 0 Å². The third-order valence-electron chi connectivity index (χ3n) is 1.61. The Labute approximate surface area is 72.5 Å². The summed E-state index contributed by atoms with van der Waals surface area (Å²) in [4.78, 5) is 11.9. The molecule has 1 atom stereocenters. The molecular formula is C7H16N2O3. The van der Waals surface area contributed by atoms with Crippen LogP contribution in [-0.4, -0.2) is 49.7 Å². The Morgan fingerprint density at radius 2 is 2.25 bits per heavy atom. The van der Waals surface area contributed by atoms with Crippen molar-refractivity contribution < 1.29 is 9.66 Å². The van der Waals surface area contributed by atoms with Gasteiger partial charge in [0, 0.05) is 25.5 Å². The van der Waals surface area contributed by atoms with E-state index in [1.807, 2.05) is 11.9 Å². The predicted molar refractivity (Wildman–Crippen MR) is 45.8 cm³/mol. The third-order valence-corrected chi connectivity index (χ3v) is 1.61. The van der Waals surface area contributed by atoms with E-state index in [-0.39, 0.29) is 4.92 Å². The maximum absolute atomic E-state index is 10.3. The summed E-state index contributed by atoms with van der Waals surface area (Å²) in [6.45, 7) is 3.41. The summed E-state index contributed by atoms with van der Waals surface area (Å²) in [6.07, 6.45) is 0. The fourth-order valence-electron chi connectivity index (χ4n) is 0.856. The molecule has 0 radical (unpaired) electrons. The molecule has 0 aromatic rings. The third kappa shape index (κ3) is 5.03. The first-order chi connectivity index (χ1) is 5.57. The Morgan fingerprint density at radius 3 is 2.67 bits per heavy atom. The summed E-state index contributed by atoms with van der Waals surface area (Å²) in [6, 6.07) is -0.508. The molecule has 12 heavy (non-hydrogen) atoms. The molecule has 0 N–H and O–H groups in total. The number of hydrogen-bond acceptors (Lipinski definition) is 4. The first kappa shape index (κ1) is 11.3. The van der Waals surface area contributed by atoms with Crippen LogP contribution >= 0.6 is 0 Å². The van der Waals surface area contributed by atoms with Crippen molar-refractivity contribution in [2.24, 2.45) is 0 Å². The van der Waals surface area contributed by atoms with Crippen molar-refractivity contribution in [2.45, 2.75) is 13.0 Å². The monoisotopic (exact) mass is 176 g/mol. The van der Waals surface area contributed by atoms with Crippen molar-refractivity contribution in [3.8, 4) is 0 Å². The highest BCUT2D eigenvalue weighted by Crippen LogP contribution is 1.92. The van der Waals surface area contributed by atoms with Crippen LogP contribution in [0.5, 0.6) is 0 Å². The van der Waals surface area contributed by atoms with Gasteiger partial charge in [0.05, 0.1) is 13.2 Å². The van der Waals surface area contributed by atoms with E-state index < -0.39 is 6.04 Å². The largest absolute Gasteiger partial charge is 0.383 e. The van der Waals surface area contributed by atoms with Crippen LogP contribution in [-0.2, 0) is 4.74 Å². The maximum atomic E-state index is 10.3. The molecule has 0 aromatic heterocycles. The zero-order valence-electron chi connectivity index (χ0n) is 7.82. The predicted octanol–water partition coefficient (Wildman–Crippen LogP) is 0.230. The minimum Gasteiger partial charge on any atom is -0.383 e. The lowest BCUT2D eigenvalue weighted by molar-refractivity contribution is -0.518. The molecule has 0 heterocycles. The lowest BCUT2D eigenvalue weighted by atomic mass is 10.3. The highest BCUT2D eigenvalue weighted by atomic mass is 16.6. The summed E-state index contributed by atoms with van der Waals surface area (Å²) in [7, 11) is 3.46. The van der Waals surface area contributed by atoms with Crippen molar-refractivity contribution in [1.29, 1.82) is 0 Å². The minimum absolute atomic E-state index is 0.275. The molecule has 5 nitrogen and oxygen atoms in total. The molecule has 0 saturated heterocycles. The van der Waals surface area contributed by atoms with Gasteiger partial charge in [-0.05, 0) is 7.05 Å². The Hall–Kier alpha value is -0.680. The summed E-state index contributed by atoms with van der Waals surface area (Å²) >= 11 is 0. The second kappa shape index (κ2) is 5.91. The molecule has 72 valence electrons. The van der Waals surface area contributed by atoms with Crippen molar-refractivity contribution in [1.82, 2.24) is 4.90 Å². The van der Waals surface area contributed by atoms with Gasteiger partial charge in [-0.1, -0.05) is 0 Å². The number of nitrogens with zero attached hydrogens (tertiary/aromatic N) is 2. The Balaban J connectivity index is 3.53. The SMILES string of the molecule is COCCN(C)CC(C)[N+](=O)[O-]. The zero-order valence-corrected chi connectivity index (χ0v) is 7.82. The van der Waals surface area contributed by atoms with Gasteiger partial charge in [0.25, 0.3) is 0 Å². The molecule has 0 spiro atoms. The smallest absolute Gasteiger partial charge is 0.222 e. The van der Waals surface area contributed by atoms with Gasteiger partial charge in [0.2, 0.25) is 6.04 Å². The quantitative estimate of drug-likeness (QED) is 0.429. The highest BCUT2D eigenvalue weighted by Gasteiger charge is 2.14. The summed E-state index contributed by atoms with van der Waals surface area (Å²) in [5.41, 5.74) is 0. The van der Waals surface area contributed by atoms with Crippen LogP contribution in [0.15, 0.2) is 0 Å². The number of nitro groups is 1. The fourth-order valence-corrected chi connectivity index (χ4v) is 0.856.